The molecule has 1 atom stereocenters. The first kappa shape index (κ1) is 12.4. The topological polar surface area (TPSA) is 39.2 Å². The molecule has 0 aliphatic carbocycles. The lowest BCUT2D eigenvalue weighted by molar-refractivity contribution is 0.521. The third-order valence-corrected chi connectivity index (χ3v) is 4.21. The Morgan fingerprint density at radius 1 is 1.26 bits per heavy atom. The van der Waals surface area contributed by atoms with Gasteiger partial charge in [-0.25, -0.2) is 4.39 Å². The number of rotatable bonds is 2. The Balaban J connectivity index is 2.12. The minimum atomic E-state index is -0.305. The van der Waals surface area contributed by atoms with Crippen LogP contribution in [0, 0.1) is 19.7 Å². The van der Waals surface area contributed by atoms with E-state index in [1.807, 2.05) is 19.2 Å². The highest BCUT2D eigenvalue weighted by Crippen LogP contribution is 2.33. The Kier molecular flexibility index (Phi) is 2.92. The van der Waals surface area contributed by atoms with Gasteiger partial charge in [0.15, 0.2) is 0 Å². The van der Waals surface area contributed by atoms with Gasteiger partial charge >= 0.3 is 0 Å². The fourth-order valence-electron chi connectivity index (χ4n) is 2.29. The normalized spacial score (nSPS) is 13.1. The minimum absolute atomic E-state index is 0.261. The lowest BCUT2D eigenvalue weighted by Gasteiger charge is -2.07. The highest BCUT2D eigenvalue weighted by molar-refractivity contribution is 7.10. The molecule has 0 bridgehead atoms. The van der Waals surface area contributed by atoms with Crippen molar-refractivity contribution in [2.75, 3.05) is 0 Å². The monoisotopic (exact) mass is 275 g/mol. The van der Waals surface area contributed by atoms with Gasteiger partial charge < -0.3 is 10.2 Å². The molecule has 1 aromatic carbocycles. The van der Waals surface area contributed by atoms with Crippen molar-refractivity contribution in [1.29, 1.82) is 0 Å². The van der Waals surface area contributed by atoms with E-state index < -0.39 is 0 Å². The first-order chi connectivity index (χ1) is 9.06. The zero-order valence-corrected chi connectivity index (χ0v) is 11.6. The van der Waals surface area contributed by atoms with Gasteiger partial charge in [-0.2, -0.15) is 0 Å². The number of thiophene rings is 1. The van der Waals surface area contributed by atoms with Crippen LogP contribution in [0.1, 0.15) is 27.8 Å². The maximum Gasteiger partial charge on any atom is 0.134 e. The summed E-state index contributed by atoms with van der Waals surface area (Å²) in [7, 11) is 0. The van der Waals surface area contributed by atoms with Crippen LogP contribution in [0.25, 0.3) is 11.0 Å². The fourth-order valence-corrected chi connectivity index (χ4v) is 3.03. The van der Waals surface area contributed by atoms with E-state index in [4.69, 9.17) is 10.2 Å². The summed E-state index contributed by atoms with van der Waals surface area (Å²) in [5.74, 6) is 0.446. The van der Waals surface area contributed by atoms with E-state index in [1.54, 1.807) is 17.4 Å². The molecule has 0 saturated carbocycles. The van der Waals surface area contributed by atoms with Crippen LogP contribution in [-0.2, 0) is 0 Å². The molecule has 2 N–H and O–H groups in total. The van der Waals surface area contributed by atoms with Crippen molar-refractivity contribution in [1.82, 2.24) is 0 Å². The van der Waals surface area contributed by atoms with Gasteiger partial charge in [0, 0.05) is 15.8 Å². The maximum absolute atomic E-state index is 13.3. The van der Waals surface area contributed by atoms with Gasteiger partial charge in [0.05, 0.1) is 6.04 Å². The summed E-state index contributed by atoms with van der Waals surface area (Å²) in [6.45, 7) is 3.96. The lowest BCUT2D eigenvalue weighted by atomic mass is 10.0. The molecule has 2 heterocycles. The molecule has 0 saturated heterocycles. The van der Waals surface area contributed by atoms with Crippen LogP contribution in [-0.4, -0.2) is 0 Å². The van der Waals surface area contributed by atoms with E-state index in [0.29, 0.717) is 11.3 Å². The van der Waals surface area contributed by atoms with Gasteiger partial charge in [0.25, 0.3) is 0 Å². The molecule has 3 aromatic rings. The predicted molar refractivity (Wildman–Crippen MR) is 76.0 cm³/mol. The van der Waals surface area contributed by atoms with Gasteiger partial charge in [0.2, 0.25) is 0 Å². The van der Waals surface area contributed by atoms with Crippen molar-refractivity contribution in [2.45, 2.75) is 19.9 Å². The second-order valence-electron chi connectivity index (χ2n) is 4.70. The van der Waals surface area contributed by atoms with Crippen LogP contribution in [0.3, 0.4) is 0 Å². The van der Waals surface area contributed by atoms with Crippen LogP contribution in [0.2, 0.25) is 0 Å². The summed E-state index contributed by atoms with van der Waals surface area (Å²) in [5, 5.41) is 2.82. The predicted octanol–water partition coefficient (Wildman–Crippen LogP) is 4.30. The zero-order chi connectivity index (χ0) is 13.6. The summed E-state index contributed by atoms with van der Waals surface area (Å²) in [5.41, 5.74) is 8.87. The van der Waals surface area contributed by atoms with Crippen LogP contribution in [0.5, 0.6) is 0 Å². The number of hydrogen-bond acceptors (Lipinski definition) is 3. The van der Waals surface area contributed by atoms with Crippen LogP contribution >= 0.6 is 11.3 Å². The average Bonchev–Trinajstić information content (AvgIpc) is 2.94. The van der Waals surface area contributed by atoms with E-state index >= 15 is 0 Å². The van der Waals surface area contributed by atoms with Gasteiger partial charge in [-0.15, -0.1) is 11.3 Å². The lowest BCUT2D eigenvalue weighted by Crippen LogP contribution is -2.10. The number of halogens is 1. The third kappa shape index (κ3) is 2.07. The summed E-state index contributed by atoms with van der Waals surface area (Å²) in [6.07, 6.45) is 0. The molecule has 0 radical (unpaired) electrons. The highest BCUT2D eigenvalue weighted by Gasteiger charge is 2.19. The van der Waals surface area contributed by atoms with Crippen molar-refractivity contribution in [3.63, 3.8) is 0 Å². The molecule has 1 unspecified atom stereocenters. The number of furan rings is 1. The second kappa shape index (κ2) is 4.47. The van der Waals surface area contributed by atoms with Crippen LogP contribution in [0.4, 0.5) is 4.39 Å². The molecule has 19 heavy (non-hydrogen) atoms. The van der Waals surface area contributed by atoms with E-state index in [1.165, 1.54) is 17.0 Å². The molecule has 0 spiro atoms. The molecule has 4 heteroatoms. The molecule has 2 nitrogen and oxygen atoms in total. The van der Waals surface area contributed by atoms with Gasteiger partial charge in [-0.1, -0.05) is 0 Å². The van der Waals surface area contributed by atoms with Crippen molar-refractivity contribution < 1.29 is 8.81 Å². The maximum atomic E-state index is 13.3. The molecule has 0 aliphatic rings. The first-order valence-electron chi connectivity index (χ1n) is 6.05. The molecule has 0 amide bonds. The highest BCUT2D eigenvalue weighted by atomic mass is 32.1. The Morgan fingerprint density at radius 2 is 2.05 bits per heavy atom. The fraction of sp³-hybridized carbons (Fsp3) is 0.200. The van der Waals surface area contributed by atoms with Crippen molar-refractivity contribution in [3.8, 4) is 0 Å². The SMILES string of the molecule is Cc1cc(C(N)c2oc3ccc(F)cc3c2C)cs1. The van der Waals surface area contributed by atoms with E-state index in [0.717, 1.165) is 16.5 Å². The van der Waals surface area contributed by atoms with Crippen LogP contribution < -0.4 is 5.73 Å². The summed E-state index contributed by atoms with van der Waals surface area (Å²) in [4.78, 5) is 1.21. The quantitative estimate of drug-likeness (QED) is 0.757. The minimum Gasteiger partial charge on any atom is -0.459 e. The Bertz CT molecular complexity index is 744. The number of aryl methyl sites for hydroxylation is 2. The van der Waals surface area contributed by atoms with E-state index in [2.05, 4.69) is 6.07 Å². The number of hydrogen-bond donors (Lipinski definition) is 1. The smallest absolute Gasteiger partial charge is 0.134 e. The number of fused-ring (bicyclic) bond motifs is 1. The van der Waals surface area contributed by atoms with Crippen LogP contribution in [0.15, 0.2) is 34.1 Å². The molecule has 3 rings (SSSR count). The standard InChI is InChI=1S/C15H14FNOS/c1-8-5-10(7-19-8)14(17)15-9(2)12-6-11(16)3-4-13(12)18-15/h3-7,14H,17H2,1-2H3. The number of nitrogens with two attached hydrogens (primary N) is 1. The molecule has 0 fully saturated rings. The van der Waals surface area contributed by atoms with Crippen molar-refractivity contribution in [2.24, 2.45) is 5.73 Å². The molecule has 2 aromatic heterocycles. The van der Waals surface area contributed by atoms with Crippen molar-refractivity contribution >= 4 is 22.3 Å². The summed E-state index contributed by atoms with van der Waals surface area (Å²) >= 11 is 1.66. The van der Waals surface area contributed by atoms with Gasteiger partial charge in [0.1, 0.15) is 17.2 Å². The largest absolute Gasteiger partial charge is 0.459 e. The zero-order valence-electron chi connectivity index (χ0n) is 10.7. The Hall–Kier alpha value is -1.65. The molecular formula is C15H14FNOS. The Morgan fingerprint density at radius 3 is 2.74 bits per heavy atom. The second-order valence-corrected chi connectivity index (χ2v) is 5.82. The first-order valence-corrected chi connectivity index (χ1v) is 6.93. The molecule has 98 valence electrons. The molecule has 0 aliphatic heterocycles. The summed E-state index contributed by atoms with van der Waals surface area (Å²) < 4.78 is 19.1. The van der Waals surface area contributed by atoms with E-state index in [-0.39, 0.29) is 11.9 Å². The Labute approximate surface area is 114 Å². The van der Waals surface area contributed by atoms with Gasteiger partial charge in [-0.05, 0) is 49.1 Å². The van der Waals surface area contributed by atoms with E-state index in [9.17, 15) is 4.39 Å². The van der Waals surface area contributed by atoms with Gasteiger partial charge in [-0.3, -0.25) is 0 Å². The van der Waals surface area contributed by atoms with Crippen molar-refractivity contribution in [3.05, 3.63) is 57.2 Å². The average molecular weight is 275 g/mol. The molecular weight excluding hydrogens is 261 g/mol. The number of benzene rings is 1. The summed E-state index contributed by atoms with van der Waals surface area (Å²) in [6, 6.07) is 6.29. The third-order valence-electron chi connectivity index (χ3n) is 3.33.